The standard InChI is InChI=1S/C25H26FN3O2/c1-14-6-5-11-27-23(14)29-24(31)20-15(2)28-18-12-25(3,4)13-19(30)22(18)21(20)16-7-9-17(26)10-8-16/h5-11,21,28H,12-13H2,1-4H3,(H,27,29,31)/t21-/m1/s1. The third-order valence-electron chi connectivity index (χ3n) is 5.93. The van der Waals surface area contributed by atoms with Crippen LogP contribution in [0.4, 0.5) is 10.2 Å². The summed E-state index contributed by atoms with van der Waals surface area (Å²) in [5.74, 6) is -0.769. The van der Waals surface area contributed by atoms with Crippen molar-refractivity contribution in [3.05, 3.63) is 82.1 Å². The minimum Gasteiger partial charge on any atom is -0.362 e. The monoisotopic (exact) mass is 419 g/mol. The first-order valence-corrected chi connectivity index (χ1v) is 10.4. The molecule has 2 aliphatic rings. The van der Waals surface area contributed by atoms with E-state index in [2.05, 4.69) is 29.5 Å². The molecule has 0 bridgehead atoms. The van der Waals surface area contributed by atoms with Crippen LogP contribution in [0.2, 0.25) is 0 Å². The Kier molecular flexibility index (Phi) is 5.25. The first kappa shape index (κ1) is 21.0. The number of aromatic nitrogens is 1. The Bertz CT molecular complexity index is 1130. The van der Waals surface area contributed by atoms with Crippen molar-refractivity contribution in [3.63, 3.8) is 0 Å². The van der Waals surface area contributed by atoms with Crippen molar-refractivity contribution in [1.29, 1.82) is 0 Å². The number of carbonyl (C=O) groups is 2. The summed E-state index contributed by atoms with van der Waals surface area (Å²) < 4.78 is 13.6. The molecule has 1 amide bonds. The molecule has 0 spiro atoms. The molecule has 1 aliphatic carbocycles. The summed E-state index contributed by atoms with van der Waals surface area (Å²) in [7, 11) is 0. The molecule has 31 heavy (non-hydrogen) atoms. The number of dihydropyridines is 1. The lowest BCUT2D eigenvalue weighted by molar-refractivity contribution is -0.118. The number of amides is 1. The largest absolute Gasteiger partial charge is 0.362 e. The van der Waals surface area contributed by atoms with Gasteiger partial charge in [-0.15, -0.1) is 0 Å². The molecule has 4 rings (SSSR count). The molecule has 1 aromatic carbocycles. The van der Waals surface area contributed by atoms with Crippen LogP contribution < -0.4 is 10.6 Å². The molecular formula is C25H26FN3O2. The zero-order chi connectivity index (χ0) is 22.3. The maximum absolute atomic E-state index is 13.6. The molecule has 1 aliphatic heterocycles. The highest BCUT2D eigenvalue weighted by Gasteiger charge is 2.42. The second-order valence-corrected chi connectivity index (χ2v) is 9.10. The summed E-state index contributed by atoms with van der Waals surface area (Å²) >= 11 is 0. The molecule has 0 radical (unpaired) electrons. The number of pyridine rings is 1. The van der Waals surface area contributed by atoms with Crippen molar-refractivity contribution in [1.82, 2.24) is 10.3 Å². The topological polar surface area (TPSA) is 71.1 Å². The first-order valence-electron chi connectivity index (χ1n) is 10.4. The van der Waals surface area contributed by atoms with Crippen molar-refractivity contribution in [2.45, 2.75) is 46.5 Å². The van der Waals surface area contributed by atoms with Gasteiger partial charge in [0.05, 0.1) is 0 Å². The Morgan fingerprint density at radius 1 is 1.16 bits per heavy atom. The summed E-state index contributed by atoms with van der Waals surface area (Å²) in [6.45, 7) is 7.84. The summed E-state index contributed by atoms with van der Waals surface area (Å²) in [5.41, 5.74) is 3.96. The highest BCUT2D eigenvalue weighted by Crippen LogP contribution is 2.46. The number of halogens is 1. The zero-order valence-electron chi connectivity index (χ0n) is 18.2. The van der Waals surface area contributed by atoms with Gasteiger partial charge in [0.2, 0.25) is 0 Å². The van der Waals surface area contributed by atoms with Crippen molar-refractivity contribution in [2.75, 3.05) is 5.32 Å². The van der Waals surface area contributed by atoms with Gasteiger partial charge in [-0.2, -0.15) is 0 Å². The molecule has 1 aromatic heterocycles. The predicted molar refractivity (Wildman–Crippen MR) is 118 cm³/mol. The van der Waals surface area contributed by atoms with Crippen LogP contribution in [0.1, 0.15) is 50.7 Å². The number of aryl methyl sites for hydroxylation is 1. The summed E-state index contributed by atoms with van der Waals surface area (Å²) in [5, 5.41) is 6.22. The molecule has 6 heteroatoms. The zero-order valence-corrected chi connectivity index (χ0v) is 18.2. The maximum atomic E-state index is 13.6. The normalized spacial score (nSPS) is 20.3. The lowest BCUT2D eigenvalue weighted by Gasteiger charge is -2.39. The molecule has 0 saturated heterocycles. The lowest BCUT2D eigenvalue weighted by atomic mass is 9.68. The number of nitrogens with zero attached hydrogens (tertiary/aromatic N) is 1. The van der Waals surface area contributed by atoms with Gasteiger partial charge in [0, 0.05) is 41.1 Å². The molecule has 160 valence electrons. The molecule has 5 nitrogen and oxygen atoms in total. The van der Waals surface area contributed by atoms with E-state index in [0.717, 1.165) is 11.3 Å². The third-order valence-corrected chi connectivity index (χ3v) is 5.93. The SMILES string of the molecule is CC1=C(C(=O)Nc2ncccc2C)[C@@H](c2ccc(F)cc2)C2=C(CC(C)(C)CC2=O)N1. The third kappa shape index (κ3) is 4.02. The minimum atomic E-state index is -0.565. The number of carbonyl (C=O) groups excluding carboxylic acids is 2. The maximum Gasteiger partial charge on any atom is 0.255 e. The lowest BCUT2D eigenvalue weighted by Crippen LogP contribution is -2.39. The van der Waals surface area contributed by atoms with E-state index in [1.54, 1.807) is 24.4 Å². The number of hydrogen-bond donors (Lipinski definition) is 2. The van der Waals surface area contributed by atoms with Crippen LogP contribution in [0.3, 0.4) is 0 Å². The van der Waals surface area contributed by atoms with Crippen molar-refractivity contribution in [3.8, 4) is 0 Å². The van der Waals surface area contributed by atoms with Gasteiger partial charge in [-0.05, 0) is 55.0 Å². The van der Waals surface area contributed by atoms with E-state index >= 15 is 0 Å². The van der Waals surface area contributed by atoms with Crippen LogP contribution in [0.5, 0.6) is 0 Å². The highest BCUT2D eigenvalue weighted by atomic mass is 19.1. The Balaban J connectivity index is 1.81. The van der Waals surface area contributed by atoms with E-state index in [4.69, 9.17) is 0 Å². The number of allylic oxidation sites excluding steroid dienone is 3. The van der Waals surface area contributed by atoms with Gasteiger partial charge in [0.1, 0.15) is 11.6 Å². The van der Waals surface area contributed by atoms with E-state index in [9.17, 15) is 14.0 Å². The number of rotatable bonds is 3. The highest BCUT2D eigenvalue weighted by molar-refractivity contribution is 6.09. The van der Waals surface area contributed by atoms with Gasteiger partial charge >= 0.3 is 0 Å². The Hall–Kier alpha value is -3.28. The summed E-state index contributed by atoms with van der Waals surface area (Å²) in [6, 6.07) is 9.70. The van der Waals surface area contributed by atoms with E-state index in [-0.39, 0.29) is 22.9 Å². The van der Waals surface area contributed by atoms with Crippen molar-refractivity contribution >= 4 is 17.5 Å². The molecule has 0 saturated carbocycles. The minimum absolute atomic E-state index is 0.0138. The molecule has 2 heterocycles. The number of hydrogen-bond acceptors (Lipinski definition) is 4. The van der Waals surface area contributed by atoms with Crippen LogP contribution in [0.15, 0.2) is 65.1 Å². The average Bonchev–Trinajstić information content (AvgIpc) is 2.68. The Morgan fingerprint density at radius 2 is 1.87 bits per heavy atom. The van der Waals surface area contributed by atoms with Crippen LogP contribution in [0.25, 0.3) is 0 Å². The van der Waals surface area contributed by atoms with Crippen LogP contribution >= 0.6 is 0 Å². The smallest absolute Gasteiger partial charge is 0.255 e. The van der Waals surface area contributed by atoms with Crippen LogP contribution in [-0.2, 0) is 9.59 Å². The predicted octanol–water partition coefficient (Wildman–Crippen LogP) is 4.77. The Morgan fingerprint density at radius 3 is 2.55 bits per heavy atom. The van der Waals surface area contributed by atoms with Gasteiger partial charge in [-0.25, -0.2) is 9.37 Å². The van der Waals surface area contributed by atoms with Crippen LogP contribution in [0, 0.1) is 18.2 Å². The molecule has 2 N–H and O–H groups in total. The number of anilines is 1. The van der Waals surface area contributed by atoms with Gasteiger partial charge < -0.3 is 10.6 Å². The molecule has 2 aromatic rings. The number of Topliss-reactive ketones (excluding diaryl/α,β-unsaturated/α-hetero) is 1. The second kappa shape index (κ2) is 7.76. The van der Waals surface area contributed by atoms with Crippen molar-refractivity contribution < 1.29 is 14.0 Å². The van der Waals surface area contributed by atoms with E-state index in [0.29, 0.717) is 41.1 Å². The first-order chi connectivity index (χ1) is 14.7. The van der Waals surface area contributed by atoms with Gasteiger partial charge in [0.25, 0.3) is 5.91 Å². The molecule has 1 atom stereocenters. The van der Waals surface area contributed by atoms with Gasteiger partial charge in [-0.3, -0.25) is 9.59 Å². The quantitative estimate of drug-likeness (QED) is 0.752. The van der Waals surface area contributed by atoms with Crippen molar-refractivity contribution in [2.24, 2.45) is 5.41 Å². The molecule has 0 fully saturated rings. The van der Waals surface area contributed by atoms with E-state index in [1.165, 1.54) is 12.1 Å². The Labute approximate surface area is 181 Å². The van der Waals surface area contributed by atoms with Gasteiger partial charge in [-0.1, -0.05) is 32.0 Å². The van der Waals surface area contributed by atoms with E-state index in [1.807, 2.05) is 19.9 Å². The average molecular weight is 420 g/mol. The van der Waals surface area contributed by atoms with E-state index < -0.39 is 5.92 Å². The fourth-order valence-corrected chi connectivity index (χ4v) is 4.52. The summed E-state index contributed by atoms with van der Waals surface area (Å²) in [6.07, 6.45) is 2.73. The van der Waals surface area contributed by atoms with Gasteiger partial charge in [0.15, 0.2) is 5.78 Å². The number of nitrogens with one attached hydrogen (secondary N) is 2. The van der Waals surface area contributed by atoms with Crippen LogP contribution in [-0.4, -0.2) is 16.7 Å². The number of benzene rings is 1. The fraction of sp³-hybridized carbons (Fsp3) is 0.320. The molecule has 0 unspecified atom stereocenters. The summed E-state index contributed by atoms with van der Waals surface area (Å²) in [4.78, 5) is 30.9. The second-order valence-electron chi connectivity index (χ2n) is 9.10. The fourth-order valence-electron chi connectivity index (χ4n) is 4.52. The molecular weight excluding hydrogens is 393 g/mol. The number of ketones is 1.